The van der Waals surface area contributed by atoms with Crippen molar-refractivity contribution in [2.75, 3.05) is 11.1 Å². The van der Waals surface area contributed by atoms with Crippen molar-refractivity contribution in [1.29, 1.82) is 5.26 Å². The van der Waals surface area contributed by atoms with Gasteiger partial charge >= 0.3 is 0 Å². The lowest BCUT2D eigenvalue weighted by molar-refractivity contribution is -0.115. The average Bonchev–Trinajstić information content (AvgIpc) is 2.88. The van der Waals surface area contributed by atoms with E-state index in [2.05, 4.69) is 15.3 Å². The van der Waals surface area contributed by atoms with Crippen LogP contribution in [0.1, 0.15) is 5.56 Å². The van der Waals surface area contributed by atoms with E-state index in [1.54, 1.807) is 30.3 Å². The van der Waals surface area contributed by atoms with Gasteiger partial charge in [-0.15, -0.1) is 0 Å². The Morgan fingerprint density at radius 3 is 2.64 bits per heavy atom. The molecule has 1 amide bonds. The van der Waals surface area contributed by atoms with Crippen LogP contribution in [0.3, 0.4) is 0 Å². The second-order valence-electron chi connectivity index (χ2n) is 7.47. The van der Waals surface area contributed by atoms with E-state index in [-0.39, 0.29) is 35.2 Å². The maximum atomic E-state index is 15.1. The fourth-order valence-electron chi connectivity index (χ4n) is 3.26. The molecule has 0 saturated heterocycles. The van der Waals surface area contributed by atoms with Crippen molar-refractivity contribution in [3.05, 3.63) is 90.5 Å². The first-order chi connectivity index (χ1) is 17.4. The number of halogens is 2. The number of aromatic nitrogens is 2. The van der Waals surface area contributed by atoms with Crippen molar-refractivity contribution in [1.82, 2.24) is 9.97 Å². The van der Waals surface area contributed by atoms with E-state index in [1.807, 2.05) is 30.3 Å². The summed E-state index contributed by atoms with van der Waals surface area (Å²) in [5, 5.41) is 9.96. The fraction of sp³-hybridized carbons (Fsp3) is 0.0769. The predicted octanol–water partition coefficient (Wildman–Crippen LogP) is 5.31. The van der Waals surface area contributed by atoms with E-state index in [1.165, 1.54) is 24.5 Å². The van der Waals surface area contributed by atoms with Crippen molar-refractivity contribution in [3.8, 4) is 34.6 Å². The van der Waals surface area contributed by atoms with Gasteiger partial charge in [0.25, 0.3) is 5.91 Å². The molecule has 180 valence electrons. The van der Waals surface area contributed by atoms with Gasteiger partial charge in [-0.25, -0.2) is 14.4 Å². The van der Waals surface area contributed by atoms with E-state index in [9.17, 15) is 4.79 Å². The van der Waals surface area contributed by atoms with Crippen LogP contribution < -0.4 is 20.5 Å². The monoisotopic (exact) mass is 503 g/mol. The normalized spacial score (nSPS) is 11.2. The lowest BCUT2D eigenvalue weighted by Crippen LogP contribution is -2.21. The number of ether oxygens (including phenoxy) is 2. The molecule has 0 aliphatic rings. The summed E-state index contributed by atoms with van der Waals surface area (Å²) in [6.07, 6.45) is 1.19. The van der Waals surface area contributed by atoms with Crippen LogP contribution in [0, 0.1) is 17.1 Å². The number of nitrogen functional groups attached to an aromatic ring is 1. The molecular formula is C26H19ClFN5O3. The Labute approximate surface area is 211 Å². The molecule has 4 aromatic rings. The minimum absolute atomic E-state index is 0.00933. The van der Waals surface area contributed by atoms with Crippen LogP contribution in [0.5, 0.6) is 17.4 Å². The molecule has 1 heterocycles. The van der Waals surface area contributed by atoms with Crippen LogP contribution in [0.25, 0.3) is 11.1 Å². The van der Waals surface area contributed by atoms with Crippen LogP contribution in [-0.2, 0) is 11.4 Å². The zero-order valence-electron chi connectivity index (χ0n) is 18.7. The Bertz CT molecular complexity index is 1430. The number of nitriles is 1. The number of carbonyl (C=O) groups is 1. The first-order valence-corrected chi connectivity index (χ1v) is 11.1. The van der Waals surface area contributed by atoms with Crippen LogP contribution in [-0.4, -0.2) is 21.3 Å². The Morgan fingerprint density at radius 2 is 1.89 bits per heavy atom. The fourth-order valence-corrected chi connectivity index (χ4v) is 3.31. The lowest BCUT2D eigenvalue weighted by atomic mass is 10.1. The zero-order chi connectivity index (χ0) is 25.5. The first-order valence-electron chi connectivity index (χ1n) is 10.6. The number of benzene rings is 3. The maximum absolute atomic E-state index is 15.1. The molecule has 4 rings (SSSR count). The zero-order valence-corrected chi connectivity index (χ0v) is 19.4. The highest BCUT2D eigenvalue weighted by atomic mass is 35.5. The summed E-state index contributed by atoms with van der Waals surface area (Å²) < 4.78 is 26.7. The number of nitrogens with one attached hydrogen (secondary N) is 1. The van der Waals surface area contributed by atoms with E-state index in [0.29, 0.717) is 11.4 Å². The highest BCUT2D eigenvalue weighted by molar-refractivity contribution is 6.34. The number of nitrogens with zero attached hydrogens (tertiary/aromatic N) is 3. The molecule has 0 spiro atoms. The van der Waals surface area contributed by atoms with Gasteiger partial charge in [0.2, 0.25) is 5.88 Å². The molecular weight excluding hydrogens is 485 g/mol. The smallest absolute Gasteiger partial charge is 0.256 e. The number of rotatable bonds is 8. The summed E-state index contributed by atoms with van der Waals surface area (Å²) in [5.41, 5.74) is 7.63. The predicted molar refractivity (Wildman–Crippen MR) is 133 cm³/mol. The highest BCUT2D eigenvalue weighted by Crippen LogP contribution is 2.37. The quantitative estimate of drug-likeness (QED) is 0.312. The van der Waals surface area contributed by atoms with Gasteiger partial charge in [-0.3, -0.25) is 4.79 Å². The lowest BCUT2D eigenvalue weighted by Gasteiger charge is -2.14. The molecule has 1 unspecified atom stereocenters. The van der Waals surface area contributed by atoms with Gasteiger partial charge in [0, 0.05) is 23.4 Å². The highest BCUT2D eigenvalue weighted by Gasteiger charge is 2.19. The standard InChI is InChI=1S/C26H19ClFN5O3/c27-21(13-29)25(34)33-17-7-4-8-19(11-17)36-26-23(24(30)31-15-32-26)20-10-9-18(12-22(20)28)35-14-16-5-2-1-3-6-16/h1-12,15,21H,14H2,(H,33,34)(H2,30,31,32). The van der Waals surface area contributed by atoms with Crippen molar-refractivity contribution in [3.63, 3.8) is 0 Å². The second-order valence-corrected chi connectivity index (χ2v) is 7.90. The second kappa shape index (κ2) is 11.2. The summed E-state index contributed by atoms with van der Waals surface area (Å²) in [4.78, 5) is 20.0. The molecule has 1 aromatic heterocycles. The molecule has 1 atom stereocenters. The van der Waals surface area contributed by atoms with Crippen molar-refractivity contribution < 1.29 is 18.7 Å². The van der Waals surface area contributed by atoms with Gasteiger partial charge in [0.15, 0.2) is 5.38 Å². The summed E-state index contributed by atoms with van der Waals surface area (Å²) in [7, 11) is 0. The largest absolute Gasteiger partial charge is 0.489 e. The molecule has 0 radical (unpaired) electrons. The first kappa shape index (κ1) is 24.4. The number of carbonyl (C=O) groups excluding carboxylic acids is 1. The Kier molecular flexibility index (Phi) is 7.58. The van der Waals surface area contributed by atoms with Crippen molar-refractivity contribution >= 4 is 29.0 Å². The summed E-state index contributed by atoms with van der Waals surface area (Å²) in [5.74, 6) is -0.636. The summed E-state index contributed by atoms with van der Waals surface area (Å²) in [6, 6.07) is 21.9. The maximum Gasteiger partial charge on any atom is 0.256 e. The third-order valence-electron chi connectivity index (χ3n) is 4.96. The Hall–Kier alpha value is -4.68. The van der Waals surface area contributed by atoms with Gasteiger partial charge in [-0.05, 0) is 29.8 Å². The molecule has 10 heteroatoms. The van der Waals surface area contributed by atoms with Gasteiger partial charge in [-0.2, -0.15) is 5.26 Å². The number of anilines is 2. The van der Waals surface area contributed by atoms with Crippen molar-refractivity contribution in [2.45, 2.75) is 12.0 Å². The number of hydrogen-bond donors (Lipinski definition) is 2. The van der Waals surface area contributed by atoms with Gasteiger partial charge in [-0.1, -0.05) is 48.0 Å². The minimum Gasteiger partial charge on any atom is -0.489 e. The Balaban J connectivity index is 1.57. The molecule has 3 N–H and O–H groups in total. The molecule has 8 nitrogen and oxygen atoms in total. The van der Waals surface area contributed by atoms with E-state index >= 15 is 4.39 Å². The van der Waals surface area contributed by atoms with Gasteiger partial charge < -0.3 is 20.5 Å². The topological polar surface area (TPSA) is 123 Å². The summed E-state index contributed by atoms with van der Waals surface area (Å²) in [6.45, 7) is 0.288. The molecule has 0 fully saturated rings. The van der Waals surface area contributed by atoms with Gasteiger partial charge in [0.1, 0.15) is 36.1 Å². The van der Waals surface area contributed by atoms with E-state index in [0.717, 1.165) is 5.56 Å². The van der Waals surface area contributed by atoms with E-state index < -0.39 is 17.1 Å². The number of amides is 1. The third kappa shape index (κ3) is 5.87. The van der Waals surface area contributed by atoms with E-state index in [4.69, 9.17) is 32.1 Å². The summed E-state index contributed by atoms with van der Waals surface area (Å²) >= 11 is 5.64. The molecule has 3 aromatic carbocycles. The minimum atomic E-state index is -1.34. The van der Waals surface area contributed by atoms with Crippen LogP contribution in [0.4, 0.5) is 15.9 Å². The molecule has 0 saturated carbocycles. The van der Waals surface area contributed by atoms with Crippen molar-refractivity contribution in [2.24, 2.45) is 0 Å². The molecule has 0 aliphatic heterocycles. The van der Waals surface area contributed by atoms with Crippen LogP contribution in [0.15, 0.2) is 79.1 Å². The van der Waals surface area contributed by atoms with Gasteiger partial charge in [0.05, 0.1) is 11.6 Å². The molecule has 0 bridgehead atoms. The average molecular weight is 504 g/mol. The molecule has 36 heavy (non-hydrogen) atoms. The SMILES string of the molecule is N#CC(Cl)C(=O)Nc1cccc(Oc2ncnc(N)c2-c2ccc(OCc3ccccc3)cc2F)c1. The Morgan fingerprint density at radius 1 is 1.08 bits per heavy atom. The number of alkyl halides is 1. The molecule has 0 aliphatic carbocycles. The van der Waals surface area contributed by atoms with Crippen LogP contribution in [0.2, 0.25) is 0 Å². The number of hydrogen-bond acceptors (Lipinski definition) is 7. The number of nitrogens with two attached hydrogens (primary N) is 1. The van der Waals surface area contributed by atoms with Crippen LogP contribution >= 0.6 is 11.6 Å². The third-order valence-corrected chi connectivity index (χ3v) is 5.26.